The number of likely N-dealkylation sites (tertiary alicyclic amines) is 1. The molecule has 1 aromatic heterocycles. The highest BCUT2D eigenvalue weighted by Crippen LogP contribution is 2.19. The Balaban J connectivity index is 1.47. The number of piperidine rings is 1. The van der Waals surface area contributed by atoms with Crippen LogP contribution >= 0.6 is 0 Å². The van der Waals surface area contributed by atoms with Gasteiger partial charge in [-0.05, 0) is 32.9 Å². The van der Waals surface area contributed by atoms with Gasteiger partial charge in [0, 0.05) is 26.2 Å². The summed E-state index contributed by atoms with van der Waals surface area (Å²) in [5.41, 5.74) is 0. The van der Waals surface area contributed by atoms with Crippen LogP contribution in [0, 0.1) is 6.92 Å². The summed E-state index contributed by atoms with van der Waals surface area (Å²) in [5.74, 6) is 1.65. The van der Waals surface area contributed by atoms with Gasteiger partial charge in [0.2, 0.25) is 0 Å². The Kier molecular flexibility index (Phi) is 4.65. The molecule has 3 rings (SSSR count). The fourth-order valence-corrected chi connectivity index (χ4v) is 3.03. The summed E-state index contributed by atoms with van der Waals surface area (Å²) < 4.78 is 5.80. The van der Waals surface area contributed by atoms with Gasteiger partial charge >= 0.3 is 0 Å². The van der Waals surface area contributed by atoms with Crippen molar-refractivity contribution in [2.45, 2.75) is 32.3 Å². The van der Waals surface area contributed by atoms with Crippen LogP contribution in [-0.2, 0) is 4.74 Å². The largest absolute Gasteiger partial charge is 0.367 e. The highest BCUT2D eigenvalue weighted by Gasteiger charge is 2.25. The summed E-state index contributed by atoms with van der Waals surface area (Å²) in [5, 5.41) is 7.12. The van der Waals surface area contributed by atoms with Crippen LogP contribution in [0.5, 0.6) is 0 Å². The Hall–Kier alpha value is -0.980. The van der Waals surface area contributed by atoms with E-state index in [2.05, 4.69) is 25.0 Å². The minimum Gasteiger partial charge on any atom is -0.367 e. The average Bonchev–Trinajstić information content (AvgIpc) is 2.93. The molecule has 20 heavy (non-hydrogen) atoms. The summed E-state index contributed by atoms with van der Waals surface area (Å²) in [6, 6.07) is 0. The molecule has 1 N–H and O–H groups in total. The number of aromatic nitrogens is 3. The van der Waals surface area contributed by atoms with Crippen LogP contribution in [0.2, 0.25) is 0 Å². The van der Waals surface area contributed by atoms with Gasteiger partial charge in [-0.25, -0.2) is 4.98 Å². The zero-order valence-electron chi connectivity index (χ0n) is 12.3. The normalized spacial score (nSPS) is 25.9. The Morgan fingerprint density at radius 2 is 1.95 bits per heavy atom. The lowest BCUT2D eigenvalue weighted by Gasteiger charge is -2.34. The minimum absolute atomic E-state index is 0.0232. The van der Waals surface area contributed by atoms with Crippen LogP contribution in [0.15, 0.2) is 0 Å². The van der Waals surface area contributed by atoms with Crippen LogP contribution < -0.4 is 0 Å². The highest BCUT2D eigenvalue weighted by atomic mass is 16.5. The predicted molar refractivity (Wildman–Crippen MR) is 76.5 cm³/mol. The van der Waals surface area contributed by atoms with Gasteiger partial charge in [0.05, 0.1) is 6.61 Å². The van der Waals surface area contributed by atoms with Crippen molar-refractivity contribution in [1.82, 2.24) is 25.0 Å². The highest BCUT2D eigenvalue weighted by molar-refractivity contribution is 4.95. The maximum Gasteiger partial charge on any atom is 0.180 e. The summed E-state index contributed by atoms with van der Waals surface area (Å²) in [7, 11) is 0. The number of H-pyrrole nitrogens is 1. The Labute approximate surface area is 120 Å². The van der Waals surface area contributed by atoms with E-state index in [9.17, 15) is 0 Å². The first-order chi connectivity index (χ1) is 9.81. The number of morpholine rings is 1. The number of hydrogen-bond acceptors (Lipinski definition) is 5. The molecular weight excluding hydrogens is 254 g/mol. The number of aryl methyl sites for hydroxylation is 1. The van der Waals surface area contributed by atoms with E-state index < -0.39 is 0 Å². The Morgan fingerprint density at radius 3 is 2.70 bits per heavy atom. The van der Waals surface area contributed by atoms with Crippen LogP contribution in [0.25, 0.3) is 0 Å². The lowest BCUT2D eigenvalue weighted by Crippen LogP contribution is -2.43. The molecule has 1 atom stereocenters. The molecule has 2 aliphatic rings. The first-order valence-corrected chi connectivity index (χ1v) is 7.76. The topological polar surface area (TPSA) is 57.3 Å². The quantitative estimate of drug-likeness (QED) is 0.890. The molecule has 1 aromatic rings. The van der Waals surface area contributed by atoms with Crippen molar-refractivity contribution in [2.24, 2.45) is 0 Å². The number of aromatic amines is 1. The first kappa shape index (κ1) is 14.0. The molecule has 2 saturated heterocycles. The van der Waals surface area contributed by atoms with Gasteiger partial charge in [-0.3, -0.25) is 10.00 Å². The molecule has 112 valence electrons. The molecule has 6 nitrogen and oxygen atoms in total. The molecule has 2 fully saturated rings. The first-order valence-electron chi connectivity index (χ1n) is 7.76. The van der Waals surface area contributed by atoms with E-state index in [-0.39, 0.29) is 6.10 Å². The van der Waals surface area contributed by atoms with Gasteiger partial charge < -0.3 is 9.64 Å². The van der Waals surface area contributed by atoms with Gasteiger partial charge in [0.1, 0.15) is 11.9 Å². The van der Waals surface area contributed by atoms with Crippen molar-refractivity contribution in [1.29, 1.82) is 0 Å². The summed E-state index contributed by atoms with van der Waals surface area (Å²) in [6.07, 6.45) is 4.15. The predicted octanol–water partition coefficient (Wildman–Crippen LogP) is 0.972. The molecule has 0 spiro atoms. The number of hydrogen-bond donors (Lipinski definition) is 1. The number of nitrogens with zero attached hydrogens (tertiary/aromatic N) is 4. The monoisotopic (exact) mass is 279 g/mol. The van der Waals surface area contributed by atoms with Crippen molar-refractivity contribution in [3.05, 3.63) is 11.6 Å². The molecule has 0 bridgehead atoms. The maximum atomic E-state index is 5.80. The van der Waals surface area contributed by atoms with E-state index in [4.69, 9.17) is 4.74 Å². The van der Waals surface area contributed by atoms with Gasteiger partial charge in [-0.15, -0.1) is 0 Å². The number of nitrogens with one attached hydrogen (secondary N) is 1. The van der Waals surface area contributed by atoms with E-state index in [1.54, 1.807) is 0 Å². The molecular formula is C14H25N5O. The van der Waals surface area contributed by atoms with E-state index in [0.717, 1.165) is 37.9 Å². The van der Waals surface area contributed by atoms with Crippen molar-refractivity contribution < 1.29 is 4.74 Å². The van der Waals surface area contributed by atoms with E-state index >= 15 is 0 Å². The summed E-state index contributed by atoms with van der Waals surface area (Å²) >= 11 is 0. The fraction of sp³-hybridized carbons (Fsp3) is 0.857. The van der Waals surface area contributed by atoms with Crippen LogP contribution in [0.1, 0.15) is 37.0 Å². The lowest BCUT2D eigenvalue weighted by atomic mass is 10.1. The summed E-state index contributed by atoms with van der Waals surface area (Å²) in [6.45, 7) is 9.48. The second kappa shape index (κ2) is 6.65. The SMILES string of the molecule is Cc1nc([C@H]2CN(CCN3CCCCC3)CCO2)n[nH]1. The minimum atomic E-state index is 0.0232. The fourth-order valence-electron chi connectivity index (χ4n) is 3.03. The van der Waals surface area contributed by atoms with Gasteiger partial charge in [-0.1, -0.05) is 6.42 Å². The van der Waals surface area contributed by atoms with Crippen LogP contribution in [0.3, 0.4) is 0 Å². The molecule has 0 saturated carbocycles. The standard InChI is InChI=1S/C14H25N5O/c1-12-15-14(17-16-12)13-11-19(9-10-20-13)8-7-18-5-3-2-4-6-18/h13H,2-11H2,1H3,(H,15,16,17)/t13-/m1/s1. The number of ether oxygens (including phenoxy) is 1. The molecule has 0 unspecified atom stereocenters. The third kappa shape index (κ3) is 3.56. The average molecular weight is 279 g/mol. The van der Waals surface area contributed by atoms with Crippen LogP contribution in [-0.4, -0.2) is 70.9 Å². The van der Waals surface area contributed by atoms with Gasteiger partial charge in [0.15, 0.2) is 5.82 Å². The maximum absolute atomic E-state index is 5.80. The molecule has 0 aliphatic carbocycles. The Bertz CT molecular complexity index is 415. The van der Waals surface area contributed by atoms with Crippen molar-refractivity contribution in [2.75, 3.05) is 45.9 Å². The summed E-state index contributed by atoms with van der Waals surface area (Å²) in [4.78, 5) is 9.46. The van der Waals surface area contributed by atoms with E-state index in [0.29, 0.717) is 0 Å². The van der Waals surface area contributed by atoms with Crippen LogP contribution in [0.4, 0.5) is 0 Å². The lowest BCUT2D eigenvalue weighted by molar-refractivity contribution is -0.0365. The van der Waals surface area contributed by atoms with Gasteiger partial charge in [0.25, 0.3) is 0 Å². The molecule has 0 radical (unpaired) electrons. The molecule has 0 aromatic carbocycles. The smallest absolute Gasteiger partial charge is 0.180 e. The molecule has 3 heterocycles. The molecule has 2 aliphatic heterocycles. The van der Waals surface area contributed by atoms with Crippen molar-refractivity contribution in [3.63, 3.8) is 0 Å². The van der Waals surface area contributed by atoms with Crippen molar-refractivity contribution in [3.8, 4) is 0 Å². The third-order valence-corrected chi connectivity index (χ3v) is 4.23. The van der Waals surface area contributed by atoms with Gasteiger partial charge in [-0.2, -0.15) is 5.10 Å². The van der Waals surface area contributed by atoms with E-state index in [1.807, 2.05) is 6.92 Å². The third-order valence-electron chi connectivity index (χ3n) is 4.23. The van der Waals surface area contributed by atoms with Crippen molar-refractivity contribution >= 4 is 0 Å². The molecule has 6 heteroatoms. The second-order valence-corrected chi connectivity index (χ2v) is 5.84. The Morgan fingerprint density at radius 1 is 1.15 bits per heavy atom. The second-order valence-electron chi connectivity index (χ2n) is 5.84. The molecule has 0 amide bonds. The zero-order chi connectivity index (χ0) is 13.8. The van der Waals surface area contributed by atoms with E-state index in [1.165, 1.54) is 38.9 Å². The number of rotatable bonds is 4. The zero-order valence-corrected chi connectivity index (χ0v) is 12.3.